The molecule has 2 heteroatoms. The molecule has 2 unspecified atom stereocenters. The van der Waals surface area contributed by atoms with Crippen LogP contribution in [0.1, 0.15) is 31.9 Å². The quantitative estimate of drug-likeness (QED) is 0.864. The fourth-order valence-corrected chi connectivity index (χ4v) is 2.56. The molecule has 96 valence electrons. The molecule has 1 aromatic carbocycles. The van der Waals surface area contributed by atoms with E-state index < -0.39 is 0 Å². The van der Waals surface area contributed by atoms with Crippen molar-refractivity contribution < 1.29 is 4.42 Å². The number of hydrogen-bond acceptors (Lipinski definition) is 2. The average molecular weight is 243 g/mol. The van der Waals surface area contributed by atoms with E-state index in [0.29, 0.717) is 5.92 Å². The third-order valence-corrected chi connectivity index (χ3v) is 3.69. The van der Waals surface area contributed by atoms with Gasteiger partial charge in [-0.05, 0) is 43.5 Å². The summed E-state index contributed by atoms with van der Waals surface area (Å²) in [5.41, 5.74) is 1.02. The Bertz CT molecular complexity index is 496. The van der Waals surface area contributed by atoms with Crippen LogP contribution in [0.5, 0.6) is 0 Å². The molecular formula is C16H21NO. The molecule has 1 aromatic heterocycles. The first-order valence-electron chi connectivity index (χ1n) is 6.93. The lowest BCUT2D eigenvalue weighted by atomic mass is 10.2. The Morgan fingerprint density at radius 3 is 2.94 bits per heavy atom. The number of fused-ring (bicyclic) bond motifs is 1. The summed E-state index contributed by atoms with van der Waals surface area (Å²) in [6.45, 7) is 6.73. The molecule has 0 aliphatic heterocycles. The zero-order chi connectivity index (χ0) is 12.5. The lowest BCUT2D eigenvalue weighted by Crippen LogP contribution is -2.22. The fraction of sp³-hybridized carbons (Fsp3) is 0.500. The Morgan fingerprint density at radius 2 is 2.17 bits per heavy atom. The van der Waals surface area contributed by atoms with Crippen molar-refractivity contribution in [2.75, 3.05) is 13.1 Å². The summed E-state index contributed by atoms with van der Waals surface area (Å²) in [6.07, 6.45) is 1.27. The highest BCUT2D eigenvalue weighted by Crippen LogP contribution is 2.48. The van der Waals surface area contributed by atoms with Crippen molar-refractivity contribution in [1.82, 2.24) is 5.32 Å². The molecule has 0 bridgehead atoms. The normalized spacial score (nSPS) is 22.8. The molecule has 0 saturated heterocycles. The summed E-state index contributed by atoms with van der Waals surface area (Å²) < 4.78 is 5.92. The van der Waals surface area contributed by atoms with Gasteiger partial charge >= 0.3 is 0 Å². The second kappa shape index (κ2) is 4.77. The molecule has 2 atom stereocenters. The van der Waals surface area contributed by atoms with E-state index >= 15 is 0 Å². The molecule has 2 aromatic rings. The molecular weight excluding hydrogens is 222 g/mol. The van der Waals surface area contributed by atoms with Gasteiger partial charge in [-0.15, -0.1) is 0 Å². The van der Waals surface area contributed by atoms with E-state index in [9.17, 15) is 0 Å². The second-order valence-corrected chi connectivity index (χ2v) is 5.84. The van der Waals surface area contributed by atoms with Gasteiger partial charge in [-0.2, -0.15) is 0 Å². The average Bonchev–Trinajstić information content (AvgIpc) is 2.98. The summed E-state index contributed by atoms with van der Waals surface area (Å²) in [5, 5.41) is 4.77. The van der Waals surface area contributed by atoms with E-state index in [0.717, 1.165) is 30.5 Å². The molecule has 1 N–H and O–H groups in total. The van der Waals surface area contributed by atoms with E-state index in [1.807, 2.05) is 12.1 Å². The van der Waals surface area contributed by atoms with Crippen LogP contribution in [0.2, 0.25) is 0 Å². The third-order valence-electron chi connectivity index (χ3n) is 3.69. The Labute approximate surface area is 108 Å². The maximum Gasteiger partial charge on any atom is 0.134 e. The van der Waals surface area contributed by atoms with Gasteiger partial charge < -0.3 is 9.73 Å². The Balaban J connectivity index is 1.60. The van der Waals surface area contributed by atoms with Crippen molar-refractivity contribution in [3.8, 4) is 0 Å². The highest BCUT2D eigenvalue weighted by Gasteiger charge is 2.40. The summed E-state index contributed by atoms with van der Waals surface area (Å²) >= 11 is 0. The molecule has 0 spiro atoms. The van der Waals surface area contributed by atoms with Crippen molar-refractivity contribution in [3.63, 3.8) is 0 Å². The lowest BCUT2D eigenvalue weighted by Gasteiger charge is -2.06. The Hall–Kier alpha value is -1.28. The van der Waals surface area contributed by atoms with Crippen LogP contribution in [0.15, 0.2) is 34.7 Å². The van der Waals surface area contributed by atoms with Crippen LogP contribution in [0, 0.1) is 11.8 Å². The first-order valence-corrected chi connectivity index (χ1v) is 6.93. The summed E-state index contributed by atoms with van der Waals surface area (Å²) in [4.78, 5) is 0. The van der Waals surface area contributed by atoms with Crippen LogP contribution in [-0.4, -0.2) is 13.1 Å². The van der Waals surface area contributed by atoms with Crippen molar-refractivity contribution >= 4 is 11.0 Å². The molecule has 1 heterocycles. The highest BCUT2D eigenvalue weighted by atomic mass is 16.3. The van der Waals surface area contributed by atoms with E-state index in [-0.39, 0.29) is 0 Å². The molecule has 1 aliphatic carbocycles. The molecule has 1 fully saturated rings. The Kier molecular flexibility index (Phi) is 3.13. The zero-order valence-electron chi connectivity index (χ0n) is 11.1. The number of benzene rings is 1. The predicted molar refractivity (Wildman–Crippen MR) is 74.8 cm³/mol. The van der Waals surface area contributed by atoms with Crippen LogP contribution in [-0.2, 0) is 0 Å². The minimum Gasteiger partial charge on any atom is -0.461 e. The van der Waals surface area contributed by atoms with Crippen LogP contribution in [0.3, 0.4) is 0 Å². The number of para-hydroxylation sites is 1. The van der Waals surface area contributed by atoms with Gasteiger partial charge in [0, 0.05) is 11.3 Å². The highest BCUT2D eigenvalue weighted by molar-refractivity contribution is 5.77. The van der Waals surface area contributed by atoms with Gasteiger partial charge in [-0.3, -0.25) is 0 Å². The summed E-state index contributed by atoms with van der Waals surface area (Å²) in [5.74, 6) is 3.31. The number of hydrogen-bond donors (Lipinski definition) is 1. The minimum atomic E-state index is 0.636. The van der Waals surface area contributed by atoms with Gasteiger partial charge in [-0.1, -0.05) is 32.0 Å². The predicted octanol–water partition coefficient (Wildman–Crippen LogP) is 3.78. The first-order chi connectivity index (χ1) is 8.74. The van der Waals surface area contributed by atoms with E-state index in [2.05, 4.69) is 37.4 Å². The lowest BCUT2D eigenvalue weighted by molar-refractivity contribution is 0.510. The SMILES string of the molecule is CC(C)CNCC1CC1c1cc2ccccc2o1. The van der Waals surface area contributed by atoms with Gasteiger partial charge in [0.2, 0.25) is 0 Å². The van der Waals surface area contributed by atoms with Crippen LogP contribution < -0.4 is 5.32 Å². The van der Waals surface area contributed by atoms with Crippen molar-refractivity contribution in [2.45, 2.75) is 26.2 Å². The number of rotatable bonds is 5. The smallest absolute Gasteiger partial charge is 0.134 e. The van der Waals surface area contributed by atoms with Gasteiger partial charge in [-0.25, -0.2) is 0 Å². The van der Waals surface area contributed by atoms with Crippen LogP contribution in [0.4, 0.5) is 0 Å². The van der Waals surface area contributed by atoms with Crippen molar-refractivity contribution in [3.05, 3.63) is 36.1 Å². The standard InChI is InChI=1S/C16H21NO/c1-11(2)9-17-10-13-7-14(13)16-8-12-5-3-4-6-15(12)18-16/h3-6,8,11,13-14,17H,7,9-10H2,1-2H3. The third kappa shape index (κ3) is 2.44. The van der Waals surface area contributed by atoms with E-state index in [1.165, 1.54) is 17.6 Å². The topological polar surface area (TPSA) is 25.2 Å². The maximum absolute atomic E-state index is 5.92. The van der Waals surface area contributed by atoms with E-state index in [4.69, 9.17) is 4.42 Å². The number of nitrogens with one attached hydrogen (secondary N) is 1. The van der Waals surface area contributed by atoms with Gasteiger partial charge in [0.15, 0.2) is 0 Å². The molecule has 1 saturated carbocycles. The fourth-order valence-electron chi connectivity index (χ4n) is 2.56. The molecule has 3 rings (SSSR count). The Morgan fingerprint density at radius 1 is 1.33 bits per heavy atom. The largest absolute Gasteiger partial charge is 0.461 e. The second-order valence-electron chi connectivity index (χ2n) is 5.84. The molecule has 1 aliphatic rings. The molecule has 0 amide bonds. The summed E-state index contributed by atoms with van der Waals surface area (Å²) in [7, 11) is 0. The minimum absolute atomic E-state index is 0.636. The monoisotopic (exact) mass is 243 g/mol. The first kappa shape index (κ1) is 11.8. The van der Waals surface area contributed by atoms with Crippen LogP contribution >= 0.6 is 0 Å². The molecule has 18 heavy (non-hydrogen) atoms. The van der Waals surface area contributed by atoms with Gasteiger partial charge in [0.1, 0.15) is 11.3 Å². The number of furan rings is 1. The maximum atomic E-state index is 5.92. The van der Waals surface area contributed by atoms with Gasteiger partial charge in [0.05, 0.1) is 0 Å². The van der Waals surface area contributed by atoms with Crippen molar-refractivity contribution in [1.29, 1.82) is 0 Å². The van der Waals surface area contributed by atoms with Gasteiger partial charge in [0.25, 0.3) is 0 Å². The molecule has 0 radical (unpaired) electrons. The summed E-state index contributed by atoms with van der Waals surface area (Å²) in [6, 6.07) is 10.5. The van der Waals surface area contributed by atoms with Crippen LogP contribution in [0.25, 0.3) is 11.0 Å². The van der Waals surface area contributed by atoms with Crippen molar-refractivity contribution in [2.24, 2.45) is 11.8 Å². The van der Waals surface area contributed by atoms with E-state index in [1.54, 1.807) is 0 Å². The molecule has 2 nitrogen and oxygen atoms in total. The zero-order valence-corrected chi connectivity index (χ0v) is 11.1.